The van der Waals surface area contributed by atoms with Gasteiger partial charge in [-0.05, 0) is 25.8 Å². The first-order valence-corrected chi connectivity index (χ1v) is 6.12. The first-order chi connectivity index (χ1) is 8.27. The van der Waals surface area contributed by atoms with E-state index in [-0.39, 0.29) is 0 Å². The quantitative estimate of drug-likeness (QED) is 0.811. The van der Waals surface area contributed by atoms with E-state index in [1.807, 2.05) is 0 Å². The molecule has 0 radical (unpaired) electrons. The van der Waals surface area contributed by atoms with Gasteiger partial charge in [0.1, 0.15) is 5.82 Å². The monoisotopic (exact) mass is 227 g/mol. The van der Waals surface area contributed by atoms with Crippen LogP contribution < -0.4 is 5.32 Å². The number of anilines is 1. The minimum Gasteiger partial charge on any atom is -0.370 e. The Morgan fingerprint density at radius 2 is 2.00 bits per heavy atom. The number of aryl methyl sites for hydroxylation is 1. The highest BCUT2D eigenvalue weighted by atomic mass is 15.4. The van der Waals surface area contributed by atoms with E-state index in [9.17, 15) is 0 Å². The zero-order chi connectivity index (χ0) is 11.8. The molecule has 1 aliphatic heterocycles. The molecule has 0 amide bonds. The summed E-state index contributed by atoms with van der Waals surface area (Å²) < 4.78 is 2.14. The van der Waals surface area contributed by atoms with E-state index in [1.165, 1.54) is 16.9 Å². The standard InChI is InChI=1S/C14H17N3/c1-10-11(2)16-17-13(8-9-15-14(10)17)12-6-4-3-5-7-12/h3-7,13,15H,8-9H2,1-2H3. The number of nitrogens with one attached hydrogen (secondary N) is 1. The zero-order valence-corrected chi connectivity index (χ0v) is 10.3. The lowest BCUT2D eigenvalue weighted by molar-refractivity contribution is 0.479. The Morgan fingerprint density at radius 3 is 2.76 bits per heavy atom. The second kappa shape index (κ2) is 3.91. The van der Waals surface area contributed by atoms with E-state index < -0.39 is 0 Å². The van der Waals surface area contributed by atoms with Gasteiger partial charge in [0.05, 0.1) is 11.7 Å². The van der Waals surface area contributed by atoms with E-state index in [0.717, 1.165) is 18.7 Å². The van der Waals surface area contributed by atoms with E-state index >= 15 is 0 Å². The predicted molar refractivity (Wildman–Crippen MR) is 69.4 cm³/mol. The van der Waals surface area contributed by atoms with Crippen LogP contribution in [0.2, 0.25) is 0 Å². The fourth-order valence-electron chi connectivity index (χ4n) is 2.50. The molecule has 1 atom stereocenters. The normalized spacial score (nSPS) is 18.6. The first kappa shape index (κ1) is 10.4. The molecule has 3 nitrogen and oxygen atoms in total. The summed E-state index contributed by atoms with van der Waals surface area (Å²) in [5.74, 6) is 1.18. The first-order valence-electron chi connectivity index (χ1n) is 6.12. The van der Waals surface area contributed by atoms with Crippen molar-refractivity contribution >= 4 is 5.82 Å². The molecule has 88 valence electrons. The van der Waals surface area contributed by atoms with Crippen LogP contribution in [0.25, 0.3) is 0 Å². The number of hydrogen-bond acceptors (Lipinski definition) is 2. The highest BCUT2D eigenvalue weighted by molar-refractivity contribution is 5.49. The van der Waals surface area contributed by atoms with Crippen LogP contribution in [0.15, 0.2) is 30.3 Å². The van der Waals surface area contributed by atoms with Gasteiger partial charge in [0.15, 0.2) is 0 Å². The Balaban J connectivity index is 2.09. The molecule has 3 heteroatoms. The number of aromatic nitrogens is 2. The minimum atomic E-state index is 0.375. The molecule has 0 saturated carbocycles. The number of benzene rings is 1. The molecule has 1 unspecified atom stereocenters. The van der Waals surface area contributed by atoms with E-state index in [0.29, 0.717) is 6.04 Å². The number of nitrogens with zero attached hydrogens (tertiary/aromatic N) is 2. The third kappa shape index (κ3) is 1.62. The summed E-state index contributed by atoms with van der Waals surface area (Å²) >= 11 is 0. The molecule has 0 aliphatic carbocycles. The summed E-state index contributed by atoms with van der Waals surface area (Å²) in [6.45, 7) is 5.23. The molecule has 2 aromatic rings. The van der Waals surface area contributed by atoms with Gasteiger partial charge in [-0.15, -0.1) is 0 Å². The van der Waals surface area contributed by atoms with Crippen LogP contribution in [0, 0.1) is 13.8 Å². The van der Waals surface area contributed by atoms with Gasteiger partial charge in [-0.2, -0.15) is 5.10 Å². The maximum absolute atomic E-state index is 4.66. The van der Waals surface area contributed by atoms with Gasteiger partial charge < -0.3 is 5.32 Å². The highest BCUT2D eigenvalue weighted by Gasteiger charge is 2.24. The summed E-state index contributed by atoms with van der Waals surface area (Å²) in [4.78, 5) is 0. The average Bonchev–Trinajstić information content (AvgIpc) is 2.67. The van der Waals surface area contributed by atoms with Crippen molar-refractivity contribution in [2.75, 3.05) is 11.9 Å². The van der Waals surface area contributed by atoms with Gasteiger partial charge in [0.25, 0.3) is 0 Å². The van der Waals surface area contributed by atoms with Crippen molar-refractivity contribution in [1.29, 1.82) is 0 Å². The summed E-state index contributed by atoms with van der Waals surface area (Å²) in [5, 5.41) is 8.11. The molecule has 0 bridgehead atoms. The third-order valence-corrected chi connectivity index (χ3v) is 3.57. The van der Waals surface area contributed by atoms with Crippen molar-refractivity contribution in [3.05, 3.63) is 47.2 Å². The summed E-state index contributed by atoms with van der Waals surface area (Å²) in [6.07, 6.45) is 1.09. The Labute approximate surface area is 101 Å². The smallest absolute Gasteiger partial charge is 0.128 e. The van der Waals surface area contributed by atoms with Crippen molar-refractivity contribution < 1.29 is 0 Å². The van der Waals surface area contributed by atoms with Gasteiger partial charge >= 0.3 is 0 Å². The van der Waals surface area contributed by atoms with Gasteiger partial charge in [-0.1, -0.05) is 30.3 Å². The van der Waals surface area contributed by atoms with Crippen LogP contribution >= 0.6 is 0 Å². The van der Waals surface area contributed by atoms with E-state index in [4.69, 9.17) is 0 Å². The molecule has 1 aliphatic rings. The minimum absolute atomic E-state index is 0.375. The highest BCUT2D eigenvalue weighted by Crippen LogP contribution is 2.32. The second-order valence-electron chi connectivity index (χ2n) is 4.65. The van der Waals surface area contributed by atoms with E-state index in [2.05, 4.69) is 59.3 Å². The predicted octanol–water partition coefficient (Wildman–Crippen LogP) is 2.90. The lowest BCUT2D eigenvalue weighted by Gasteiger charge is -2.26. The van der Waals surface area contributed by atoms with Crippen molar-refractivity contribution in [1.82, 2.24) is 9.78 Å². The van der Waals surface area contributed by atoms with Crippen LogP contribution in [0.3, 0.4) is 0 Å². The molecule has 2 heterocycles. The maximum atomic E-state index is 4.66. The van der Waals surface area contributed by atoms with Gasteiger partial charge in [0.2, 0.25) is 0 Å². The number of rotatable bonds is 1. The van der Waals surface area contributed by atoms with Crippen molar-refractivity contribution in [2.24, 2.45) is 0 Å². The Hall–Kier alpha value is -1.77. The van der Waals surface area contributed by atoms with Crippen LogP contribution in [-0.4, -0.2) is 16.3 Å². The Kier molecular flexibility index (Phi) is 2.39. The zero-order valence-electron chi connectivity index (χ0n) is 10.3. The lowest BCUT2D eigenvalue weighted by Crippen LogP contribution is -2.24. The lowest BCUT2D eigenvalue weighted by atomic mass is 10.0. The fourth-order valence-corrected chi connectivity index (χ4v) is 2.50. The molecule has 3 rings (SSSR count). The van der Waals surface area contributed by atoms with E-state index in [1.54, 1.807) is 0 Å². The molecule has 1 aromatic carbocycles. The molecular formula is C14H17N3. The van der Waals surface area contributed by atoms with Crippen LogP contribution in [0.1, 0.15) is 29.3 Å². The average molecular weight is 227 g/mol. The maximum Gasteiger partial charge on any atom is 0.128 e. The van der Waals surface area contributed by atoms with Gasteiger partial charge in [0, 0.05) is 12.1 Å². The molecule has 0 fully saturated rings. The van der Waals surface area contributed by atoms with Crippen LogP contribution in [-0.2, 0) is 0 Å². The number of fused-ring (bicyclic) bond motifs is 1. The topological polar surface area (TPSA) is 29.9 Å². The summed E-state index contributed by atoms with van der Waals surface area (Å²) in [6, 6.07) is 11.0. The van der Waals surface area contributed by atoms with Crippen molar-refractivity contribution in [3.8, 4) is 0 Å². The second-order valence-corrected chi connectivity index (χ2v) is 4.65. The largest absolute Gasteiger partial charge is 0.370 e. The van der Waals surface area contributed by atoms with Crippen LogP contribution in [0.4, 0.5) is 5.82 Å². The number of hydrogen-bond donors (Lipinski definition) is 1. The molecule has 17 heavy (non-hydrogen) atoms. The third-order valence-electron chi connectivity index (χ3n) is 3.57. The van der Waals surface area contributed by atoms with Gasteiger partial charge in [-0.3, -0.25) is 0 Å². The molecule has 0 spiro atoms. The molecule has 1 N–H and O–H groups in total. The SMILES string of the molecule is Cc1nn2c(c1C)NCCC2c1ccccc1. The van der Waals surface area contributed by atoms with Gasteiger partial charge in [-0.25, -0.2) is 4.68 Å². The van der Waals surface area contributed by atoms with Crippen molar-refractivity contribution in [3.63, 3.8) is 0 Å². The van der Waals surface area contributed by atoms with Crippen molar-refractivity contribution in [2.45, 2.75) is 26.3 Å². The fraction of sp³-hybridized carbons (Fsp3) is 0.357. The molecule has 1 aromatic heterocycles. The Bertz CT molecular complexity index is 528. The summed E-state index contributed by atoms with van der Waals surface area (Å²) in [7, 11) is 0. The summed E-state index contributed by atoms with van der Waals surface area (Å²) in [5.41, 5.74) is 3.73. The molecule has 0 saturated heterocycles. The molecular weight excluding hydrogens is 210 g/mol. The Morgan fingerprint density at radius 1 is 1.24 bits per heavy atom. The van der Waals surface area contributed by atoms with Crippen LogP contribution in [0.5, 0.6) is 0 Å².